The molecular formula is C8H11N3O2S. The van der Waals surface area contributed by atoms with Crippen molar-refractivity contribution in [1.29, 1.82) is 0 Å². The van der Waals surface area contributed by atoms with E-state index < -0.39 is 0 Å². The molecule has 1 aliphatic heterocycles. The molecule has 5 nitrogen and oxygen atoms in total. The van der Waals surface area contributed by atoms with Gasteiger partial charge in [-0.25, -0.2) is 4.98 Å². The highest BCUT2D eigenvalue weighted by Crippen LogP contribution is 2.16. The summed E-state index contributed by atoms with van der Waals surface area (Å²) in [5.74, 6) is -0.358. The molecule has 0 aromatic carbocycles. The van der Waals surface area contributed by atoms with Crippen LogP contribution in [0.15, 0.2) is 11.6 Å². The topological polar surface area (TPSA) is 77.2 Å². The van der Waals surface area contributed by atoms with Gasteiger partial charge in [0, 0.05) is 17.6 Å². The van der Waals surface area contributed by atoms with E-state index in [4.69, 9.17) is 10.5 Å². The van der Waals surface area contributed by atoms with Crippen molar-refractivity contribution in [3.8, 4) is 0 Å². The predicted molar refractivity (Wildman–Crippen MR) is 53.0 cm³/mol. The summed E-state index contributed by atoms with van der Waals surface area (Å²) in [6, 6.07) is -0.199. The molecule has 1 aliphatic rings. The minimum Gasteiger partial charge on any atom is -0.379 e. The number of aromatic nitrogens is 1. The van der Waals surface area contributed by atoms with Gasteiger partial charge >= 0.3 is 0 Å². The molecule has 1 aromatic heterocycles. The van der Waals surface area contributed by atoms with Crippen LogP contribution in [-0.2, 0) is 9.53 Å². The molecule has 0 aliphatic carbocycles. The van der Waals surface area contributed by atoms with Gasteiger partial charge in [-0.3, -0.25) is 4.79 Å². The molecule has 1 amide bonds. The van der Waals surface area contributed by atoms with Crippen LogP contribution in [0.1, 0.15) is 0 Å². The lowest BCUT2D eigenvalue weighted by atomic mass is 10.0. The zero-order valence-electron chi connectivity index (χ0n) is 7.47. The number of nitrogens with one attached hydrogen (secondary N) is 1. The number of nitrogens with two attached hydrogens (primary N) is 1. The molecule has 2 rings (SSSR count). The molecule has 1 fully saturated rings. The molecule has 0 spiro atoms. The maximum absolute atomic E-state index is 11.6. The zero-order chi connectivity index (χ0) is 9.97. The van der Waals surface area contributed by atoms with Crippen molar-refractivity contribution >= 4 is 22.4 Å². The largest absolute Gasteiger partial charge is 0.379 e. The molecule has 1 saturated heterocycles. The van der Waals surface area contributed by atoms with Crippen molar-refractivity contribution in [1.82, 2.24) is 4.98 Å². The van der Waals surface area contributed by atoms with Crippen LogP contribution in [0.4, 0.5) is 5.13 Å². The minimum absolute atomic E-state index is 0.107. The molecule has 76 valence electrons. The standard InChI is InChI=1S/C8H11N3O2S/c9-6-4-13-3-5(6)7(12)11-8-10-1-2-14-8/h1-2,5-6H,3-4,9H2,(H,10,11,12). The summed E-state index contributed by atoms with van der Waals surface area (Å²) in [4.78, 5) is 15.6. The van der Waals surface area contributed by atoms with E-state index in [1.54, 1.807) is 11.6 Å². The molecule has 0 saturated carbocycles. The van der Waals surface area contributed by atoms with Gasteiger partial charge in [0.2, 0.25) is 5.91 Å². The summed E-state index contributed by atoms with van der Waals surface area (Å²) in [5.41, 5.74) is 5.71. The lowest BCUT2D eigenvalue weighted by Gasteiger charge is -2.11. The average Bonchev–Trinajstić information content (AvgIpc) is 2.75. The summed E-state index contributed by atoms with van der Waals surface area (Å²) in [6.07, 6.45) is 1.64. The molecule has 2 atom stereocenters. The van der Waals surface area contributed by atoms with Crippen molar-refractivity contribution in [3.63, 3.8) is 0 Å². The Labute approximate surface area is 85.3 Å². The summed E-state index contributed by atoms with van der Waals surface area (Å²) in [7, 11) is 0. The Morgan fingerprint density at radius 1 is 1.71 bits per heavy atom. The predicted octanol–water partition coefficient (Wildman–Crippen LogP) is 0.0553. The fraction of sp³-hybridized carbons (Fsp3) is 0.500. The third-order valence-electron chi connectivity index (χ3n) is 2.12. The summed E-state index contributed by atoms with van der Waals surface area (Å²) >= 11 is 1.39. The van der Waals surface area contributed by atoms with Gasteiger partial charge in [0.05, 0.1) is 19.1 Å². The van der Waals surface area contributed by atoms with Gasteiger partial charge in [0.25, 0.3) is 0 Å². The highest BCUT2D eigenvalue weighted by atomic mass is 32.1. The van der Waals surface area contributed by atoms with Crippen molar-refractivity contribution in [2.75, 3.05) is 18.5 Å². The highest BCUT2D eigenvalue weighted by molar-refractivity contribution is 7.13. The number of thiazole rings is 1. The van der Waals surface area contributed by atoms with Gasteiger partial charge in [0.1, 0.15) is 0 Å². The Morgan fingerprint density at radius 3 is 3.14 bits per heavy atom. The van der Waals surface area contributed by atoms with Crippen LogP contribution in [0, 0.1) is 5.92 Å². The van der Waals surface area contributed by atoms with E-state index in [1.165, 1.54) is 11.3 Å². The smallest absolute Gasteiger partial charge is 0.233 e. The van der Waals surface area contributed by atoms with Gasteiger partial charge in [-0.1, -0.05) is 0 Å². The lowest BCUT2D eigenvalue weighted by Crippen LogP contribution is -2.37. The second-order valence-corrected chi connectivity index (χ2v) is 4.03. The van der Waals surface area contributed by atoms with Gasteiger partial charge in [-0.2, -0.15) is 0 Å². The maximum atomic E-state index is 11.6. The SMILES string of the molecule is NC1COCC1C(=O)Nc1nccs1. The fourth-order valence-electron chi connectivity index (χ4n) is 1.32. The Balaban J connectivity index is 1.95. The van der Waals surface area contributed by atoms with Crippen LogP contribution in [-0.4, -0.2) is 30.1 Å². The summed E-state index contributed by atoms with van der Waals surface area (Å²) < 4.78 is 5.11. The second kappa shape index (κ2) is 4.04. The van der Waals surface area contributed by atoms with Crippen molar-refractivity contribution in [2.24, 2.45) is 11.7 Å². The Kier molecular flexibility index (Phi) is 2.76. The first-order chi connectivity index (χ1) is 6.77. The number of amides is 1. The van der Waals surface area contributed by atoms with Crippen LogP contribution >= 0.6 is 11.3 Å². The summed E-state index contributed by atoms with van der Waals surface area (Å²) in [5, 5.41) is 5.11. The van der Waals surface area contributed by atoms with E-state index in [2.05, 4.69) is 10.3 Å². The van der Waals surface area contributed by atoms with Gasteiger partial charge in [-0.05, 0) is 0 Å². The van der Waals surface area contributed by atoms with Gasteiger partial charge in [-0.15, -0.1) is 11.3 Å². The number of hydrogen-bond acceptors (Lipinski definition) is 5. The second-order valence-electron chi connectivity index (χ2n) is 3.13. The Hall–Kier alpha value is -0.980. The number of rotatable bonds is 2. The van der Waals surface area contributed by atoms with Crippen LogP contribution in [0.2, 0.25) is 0 Å². The molecular weight excluding hydrogens is 202 g/mol. The quantitative estimate of drug-likeness (QED) is 0.728. The van der Waals surface area contributed by atoms with Crippen molar-refractivity contribution in [3.05, 3.63) is 11.6 Å². The number of anilines is 1. The fourth-order valence-corrected chi connectivity index (χ4v) is 1.86. The molecule has 0 radical (unpaired) electrons. The Morgan fingerprint density at radius 2 is 2.57 bits per heavy atom. The molecule has 14 heavy (non-hydrogen) atoms. The molecule has 3 N–H and O–H groups in total. The summed E-state index contributed by atoms with van der Waals surface area (Å²) in [6.45, 7) is 0.855. The van der Waals surface area contributed by atoms with E-state index in [-0.39, 0.29) is 17.9 Å². The van der Waals surface area contributed by atoms with E-state index in [0.29, 0.717) is 18.3 Å². The average molecular weight is 213 g/mol. The molecule has 2 heterocycles. The van der Waals surface area contributed by atoms with Crippen LogP contribution in [0.25, 0.3) is 0 Å². The Bertz CT molecular complexity index is 314. The molecule has 6 heteroatoms. The van der Waals surface area contributed by atoms with Crippen LogP contribution in [0.5, 0.6) is 0 Å². The highest BCUT2D eigenvalue weighted by Gasteiger charge is 2.31. The third kappa shape index (κ3) is 1.92. The van der Waals surface area contributed by atoms with E-state index in [9.17, 15) is 4.79 Å². The van der Waals surface area contributed by atoms with Crippen molar-refractivity contribution < 1.29 is 9.53 Å². The van der Waals surface area contributed by atoms with Crippen LogP contribution in [0.3, 0.4) is 0 Å². The number of carbonyl (C=O) groups is 1. The van der Waals surface area contributed by atoms with Crippen molar-refractivity contribution in [2.45, 2.75) is 6.04 Å². The first-order valence-corrected chi connectivity index (χ1v) is 5.19. The molecule has 1 aromatic rings. The van der Waals surface area contributed by atoms with Gasteiger partial charge in [0.15, 0.2) is 5.13 Å². The maximum Gasteiger partial charge on any atom is 0.233 e. The number of carbonyl (C=O) groups excluding carboxylic acids is 1. The first-order valence-electron chi connectivity index (χ1n) is 4.31. The first kappa shape index (κ1) is 9.57. The third-order valence-corrected chi connectivity index (χ3v) is 2.81. The lowest BCUT2D eigenvalue weighted by molar-refractivity contribution is -0.120. The van der Waals surface area contributed by atoms with E-state index in [1.807, 2.05) is 0 Å². The van der Waals surface area contributed by atoms with E-state index >= 15 is 0 Å². The molecule has 0 bridgehead atoms. The van der Waals surface area contributed by atoms with E-state index in [0.717, 1.165) is 0 Å². The zero-order valence-corrected chi connectivity index (χ0v) is 8.29. The monoisotopic (exact) mass is 213 g/mol. The number of nitrogens with zero attached hydrogens (tertiary/aromatic N) is 1. The number of hydrogen-bond donors (Lipinski definition) is 2. The molecule has 2 unspecified atom stereocenters. The van der Waals surface area contributed by atoms with Gasteiger partial charge < -0.3 is 15.8 Å². The van der Waals surface area contributed by atoms with Crippen LogP contribution < -0.4 is 11.1 Å². The normalized spacial score (nSPS) is 26.4. The minimum atomic E-state index is -0.251. The number of ether oxygens (including phenoxy) is 1.